The molecule has 4 N–H and O–H groups in total. The molecule has 108 valence electrons. The molecule has 1 unspecified atom stereocenters. The molecule has 0 heterocycles. The number of aliphatic imine (C=N–C) groups is 1. The quantitative estimate of drug-likeness (QED) is 0.342. The second-order valence-corrected chi connectivity index (χ2v) is 5.91. The van der Waals surface area contributed by atoms with Crippen LogP contribution in [-0.4, -0.2) is 18.5 Å². The average Bonchev–Trinajstić information content (AvgIpc) is 2.48. The molecule has 1 aromatic carbocycles. The summed E-state index contributed by atoms with van der Waals surface area (Å²) in [6.07, 6.45) is 7.58. The fourth-order valence-electron chi connectivity index (χ4n) is 3.30. The fourth-order valence-corrected chi connectivity index (χ4v) is 3.30. The van der Waals surface area contributed by atoms with Crippen molar-refractivity contribution in [2.75, 3.05) is 6.54 Å². The Hall–Kier alpha value is -1.55. The van der Waals surface area contributed by atoms with E-state index in [1.54, 1.807) is 0 Å². The Balaban J connectivity index is 1.54. The Morgan fingerprint density at radius 3 is 2.75 bits per heavy atom. The molecule has 2 aliphatic rings. The van der Waals surface area contributed by atoms with Gasteiger partial charge in [0, 0.05) is 18.5 Å². The van der Waals surface area contributed by atoms with E-state index in [1.807, 2.05) is 0 Å². The normalized spacial score (nSPS) is 22.9. The van der Waals surface area contributed by atoms with Crippen molar-refractivity contribution in [3.63, 3.8) is 0 Å². The van der Waals surface area contributed by atoms with Crippen molar-refractivity contribution in [2.24, 2.45) is 10.8 Å². The van der Waals surface area contributed by atoms with Crippen LogP contribution in [0.5, 0.6) is 0 Å². The number of guanidine groups is 1. The van der Waals surface area contributed by atoms with Gasteiger partial charge in [-0.05, 0) is 30.4 Å². The lowest BCUT2D eigenvalue weighted by Crippen LogP contribution is -2.47. The van der Waals surface area contributed by atoms with Gasteiger partial charge in [-0.25, -0.2) is 5.84 Å². The van der Waals surface area contributed by atoms with E-state index in [0.717, 1.165) is 18.9 Å². The predicted octanol–water partition coefficient (Wildman–Crippen LogP) is 2.07. The first-order chi connectivity index (χ1) is 9.86. The summed E-state index contributed by atoms with van der Waals surface area (Å²) in [4.78, 5) is 4.63. The number of benzene rings is 1. The standard InChI is InChI=1S/C16H24N4/c17-20-16(19-14-7-2-1-3-8-14)18-11-13-10-12-6-4-5-9-15(12)13/h4-6,9,13-14H,1-3,7-8,10-11,17H2,(H2,18,19,20). The van der Waals surface area contributed by atoms with Crippen molar-refractivity contribution in [1.29, 1.82) is 0 Å². The van der Waals surface area contributed by atoms with Gasteiger partial charge in [0.1, 0.15) is 0 Å². The molecule has 4 nitrogen and oxygen atoms in total. The molecule has 1 atom stereocenters. The van der Waals surface area contributed by atoms with Crippen LogP contribution in [0, 0.1) is 0 Å². The number of nitrogens with two attached hydrogens (primary N) is 1. The summed E-state index contributed by atoms with van der Waals surface area (Å²) < 4.78 is 0. The minimum atomic E-state index is 0.534. The van der Waals surface area contributed by atoms with E-state index in [0.29, 0.717) is 12.0 Å². The van der Waals surface area contributed by atoms with Crippen LogP contribution in [0.1, 0.15) is 49.1 Å². The maximum Gasteiger partial charge on any atom is 0.205 e. The molecule has 1 saturated carbocycles. The van der Waals surface area contributed by atoms with Gasteiger partial charge in [-0.15, -0.1) is 0 Å². The minimum absolute atomic E-state index is 0.534. The molecule has 1 fully saturated rings. The zero-order valence-electron chi connectivity index (χ0n) is 11.9. The number of nitrogens with zero attached hydrogens (tertiary/aromatic N) is 1. The van der Waals surface area contributed by atoms with Crippen LogP contribution in [0.2, 0.25) is 0 Å². The van der Waals surface area contributed by atoms with E-state index in [4.69, 9.17) is 5.84 Å². The number of hydrogen-bond acceptors (Lipinski definition) is 2. The summed E-state index contributed by atoms with van der Waals surface area (Å²) in [5, 5.41) is 3.45. The highest BCUT2D eigenvalue weighted by atomic mass is 15.3. The highest BCUT2D eigenvalue weighted by Gasteiger charge is 2.25. The van der Waals surface area contributed by atoms with Crippen molar-refractivity contribution in [3.8, 4) is 0 Å². The van der Waals surface area contributed by atoms with Crippen molar-refractivity contribution in [2.45, 2.75) is 50.5 Å². The number of hydrazine groups is 1. The number of nitrogens with one attached hydrogen (secondary N) is 2. The minimum Gasteiger partial charge on any atom is -0.353 e. The second-order valence-electron chi connectivity index (χ2n) is 5.91. The molecule has 0 aromatic heterocycles. The summed E-state index contributed by atoms with van der Waals surface area (Å²) in [6.45, 7) is 0.816. The number of rotatable bonds is 3. The van der Waals surface area contributed by atoms with E-state index >= 15 is 0 Å². The predicted molar refractivity (Wildman–Crippen MR) is 82.5 cm³/mol. The molecular weight excluding hydrogens is 248 g/mol. The first-order valence-corrected chi connectivity index (χ1v) is 7.72. The average molecular weight is 272 g/mol. The Morgan fingerprint density at radius 2 is 2.00 bits per heavy atom. The highest BCUT2D eigenvalue weighted by Crippen LogP contribution is 2.34. The maximum atomic E-state index is 5.59. The van der Waals surface area contributed by atoms with Gasteiger partial charge < -0.3 is 5.32 Å². The van der Waals surface area contributed by atoms with Crippen LogP contribution in [-0.2, 0) is 6.42 Å². The number of hydrogen-bond donors (Lipinski definition) is 3. The van der Waals surface area contributed by atoms with Gasteiger partial charge in [-0.3, -0.25) is 10.4 Å². The molecule has 1 aromatic rings. The summed E-state index contributed by atoms with van der Waals surface area (Å²) in [6, 6.07) is 9.17. The van der Waals surface area contributed by atoms with Gasteiger partial charge in [0.05, 0.1) is 0 Å². The van der Waals surface area contributed by atoms with Crippen LogP contribution in [0.15, 0.2) is 29.3 Å². The molecule has 4 heteroatoms. The molecule has 2 aliphatic carbocycles. The summed E-state index contributed by atoms with van der Waals surface area (Å²) in [5.74, 6) is 6.90. The van der Waals surface area contributed by atoms with Gasteiger partial charge >= 0.3 is 0 Å². The molecule has 0 spiro atoms. The maximum absolute atomic E-state index is 5.59. The Bertz CT molecular complexity index is 477. The molecule has 0 bridgehead atoms. The Morgan fingerprint density at radius 1 is 1.20 bits per heavy atom. The van der Waals surface area contributed by atoms with Gasteiger partial charge in [0.25, 0.3) is 0 Å². The van der Waals surface area contributed by atoms with Crippen LogP contribution in [0.4, 0.5) is 0 Å². The van der Waals surface area contributed by atoms with Crippen LogP contribution in [0.3, 0.4) is 0 Å². The monoisotopic (exact) mass is 272 g/mol. The SMILES string of the molecule is NNC(=NCC1Cc2ccccc21)NC1CCCCC1. The van der Waals surface area contributed by atoms with E-state index < -0.39 is 0 Å². The lowest BCUT2D eigenvalue weighted by Gasteiger charge is -2.29. The van der Waals surface area contributed by atoms with Crippen LogP contribution < -0.4 is 16.6 Å². The molecular formula is C16H24N4. The number of fused-ring (bicyclic) bond motifs is 1. The van der Waals surface area contributed by atoms with Gasteiger partial charge in [0.2, 0.25) is 5.96 Å². The summed E-state index contributed by atoms with van der Waals surface area (Å²) in [7, 11) is 0. The Labute approximate surface area is 120 Å². The Kier molecular flexibility index (Phi) is 4.21. The zero-order valence-corrected chi connectivity index (χ0v) is 11.9. The van der Waals surface area contributed by atoms with Crippen molar-refractivity contribution in [3.05, 3.63) is 35.4 Å². The highest BCUT2D eigenvalue weighted by molar-refractivity contribution is 5.79. The molecule has 0 saturated heterocycles. The van der Waals surface area contributed by atoms with Gasteiger partial charge in [0.15, 0.2) is 0 Å². The van der Waals surface area contributed by atoms with Crippen LogP contribution >= 0.6 is 0 Å². The van der Waals surface area contributed by atoms with Crippen molar-refractivity contribution in [1.82, 2.24) is 10.7 Å². The zero-order chi connectivity index (χ0) is 13.8. The molecule has 0 amide bonds. The fraction of sp³-hybridized carbons (Fsp3) is 0.562. The molecule has 20 heavy (non-hydrogen) atoms. The van der Waals surface area contributed by atoms with Gasteiger partial charge in [-0.2, -0.15) is 0 Å². The lowest BCUT2D eigenvalue weighted by atomic mass is 9.78. The van der Waals surface area contributed by atoms with Crippen molar-refractivity contribution < 1.29 is 0 Å². The lowest BCUT2D eigenvalue weighted by molar-refractivity contribution is 0.409. The smallest absolute Gasteiger partial charge is 0.205 e. The largest absolute Gasteiger partial charge is 0.353 e. The first-order valence-electron chi connectivity index (χ1n) is 7.72. The van der Waals surface area contributed by atoms with E-state index in [9.17, 15) is 0 Å². The topological polar surface area (TPSA) is 62.4 Å². The third-order valence-electron chi connectivity index (χ3n) is 4.51. The van der Waals surface area contributed by atoms with E-state index in [-0.39, 0.29) is 0 Å². The molecule has 3 rings (SSSR count). The van der Waals surface area contributed by atoms with Crippen LogP contribution in [0.25, 0.3) is 0 Å². The summed E-state index contributed by atoms with van der Waals surface area (Å²) >= 11 is 0. The first kappa shape index (κ1) is 13.4. The third kappa shape index (κ3) is 2.96. The second kappa shape index (κ2) is 6.27. The van der Waals surface area contributed by atoms with Gasteiger partial charge in [-0.1, -0.05) is 43.5 Å². The van der Waals surface area contributed by atoms with E-state index in [2.05, 4.69) is 40.0 Å². The molecule has 0 aliphatic heterocycles. The third-order valence-corrected chi connectivity index (χ3v) is 4.51. The summed E-state index contributed by atoms with van der Waals surface area (Å²) in [5.41, 5.74) is 5.63. The van der Waals surface area contributed by atoms with E-state index in [1.165, 1.54) is 43.2 Å². The van der Waals surface area contributed by atoms with Crippen molar-refractivity contribution >= 4 is 5.96 Å². The molecule has 0 radical (unpaired) electrons.